The van der Waals surface area contributed by atoms with E-state index in [2.05, 4.69) is 0 Å². The van der Waals surface area contributed by atoms with E-state index >= 15 is 0 Å². The van der Waals surface area contributed by atoms with Gasteiger partial charge >= 0.3 is 57.4 Å². The fourth-order valence-electron chi connectivity index (χ4n) is 0.612. The van der Waals surface area contributed by atoms with E-state index in [0.717, 1.165) is 0 Å². The first-order valence-corrected chi connectivity index (χ1v) is 5.54. The van der Waals surface area contributed by atoms with Crippen LogP contribution in [0.3, 0.4) is 0 Å². The molecule has 0 saturated heterocycles. The van der Waals surface area contributed by atoms with Gasteiger partial charge in [-0.3, -0.25) is 0 Å². The molecule has 4 unspecified atom stereocenters. The zero-order valence-corrected chi connectivity index (χ0v) is 15.8. The fraction of sp³-hybridized carbons (Fsp3) is 0.700. The first kappa shape index (κ1) is 31.5. The normalized spacial score (nSPS) is 14.4. The second-order valence-corrected chi connectivity index (χ2v) is 3.58. The molecule has 0 aliphatic rings. The van der Waals surface area contributed by atoms with E-state index in [4.69, 9.17) is 51.2 Å². The van der Waals surface area contributed by atoms with Crippen molar-refractivity contribution >= 4 is 11.9 Å². The number of aliphatic carboxylic acids is 2. The minimum Gasteiger partial charge on any atom is -0.547 e. The molecule has 4 atom stereocenters. The van der Waals surface area contributed by atoms with Crippen LogP contribution in [-0.4, -0.2) is 94.9 Å². The summed E-state index contributed by atoms with van der Waals surface area (Å²) in [6.07, 6.45) is -13.2. The summed E-state index contributed by atoms with van der Waals surface area (Å²) in [7, 11) is 0. The molecule has 138 valence electrons. The summed E-state index contributed by atoms with van der Waals surface area (Å²) < 4.78 is 0. The number of carbonyl (C=O) groups excluding carboxylic acids is 1. The van der Waals surface area contributed by atoms with Gasteiger partial charge in [0.2, 0.25) is 0 Å². The predicted octanol–water partition coefficient (Wildman–Crippen LogP) is -9.35. The van der Waals surface area contributed by atoms with Gasteiger partial charge in [0.15, 0.2) is 18.7 Å². The van der Waals surface area contributed by atoms with Crippen LogP contribution in [0.25, 0.3) is 0 Å². The minimum absolute atomic E-state index is 0. The first-order chi connectivity index (χ1) is 10.3. The molecular formula is C10H20KNO12. The van der Waals surface area contributed by atoms with Crippen molar-refractivity contribution in [3.63, 3.8) is 0 Å². The average Bonchev–Trinajstić information content (AvgIpc) is 2.44. The molecule has 0 amide bonds. The molecule has 0 aromatic carbocycles. The van der Waals surface area contributed by atoms with Crippen LogP contribution in [0, 0.1) is 11.3 Å². The number of carboxylic acid groups (broad SMARTS) is 2. The van der Waals surface area contributed by atoms with Gasteiger partial charge in [-0.05, 0) is 0 Å². The van der Waals surface area contributed by atoms with Gasteiger partial charge in [0.05, 0.1) is 12.0 Å². The molecule has 0 saturated carbocycles. The van der Waals surface area contributed by atoms with Crippen LogP contribution in [0.4, 0.5) is 0 Å². The average molecular weight is 386 g/mol. The van der Waals surface area contributed by atoms with Crippen molar-refractivity contribution in [2.24, 2.45) is 0 Å². The molecule has 0 spiro atoms. The molecule has 0 aromatic rings. The largest absolute Gasteiger partial charge is 1.00 e. The number of carbonyl (C=O) groups is 2. The Bertz CT molecular complexity index is 361. The molecule has 9 N–H and O–H groups in total. The fourth-order valence-corrected chi connectivity index (χ4v) is 0.612. The number of rotatable bonds is 6. The third-order valence-electron chi connectivity index (χ3n) is 1.75. The van der Waals surface area contributed by atoms with Crippen molar-refractivity contribution in [1.29, 1.82) is 5.26 Å². The van der Waals surface area contributed by atoms with Gasteiger partial charge in [-0.1, -0.05) is 0 Å². The van der Waals surface area contributed by atoms with Crippen LogP contribution in [0.5, 0.6) is 0 Å². The Balaban J connectivity index is -0.0000000861. The van der Waals surface area contributed by atoms with E-state index in [1.807, 2.05) is 0 Å². The smallest absolute Gasteiger partial charge is 0.547 e. The Morgan fingerprint density at radius 3 is 1.25 bits per heavy atom. The van der Waals surface area contributed by atoms with Gasteiger partial charge in [0, 0.05) is 8.35 Å². The number of aliphatic hydroxyl groups is 8. The maximum absolute atomic E-state index is 9.81. The molecule has 0 radical (unpaired) electrons. The molecule has 0 rings (SSSR count). The van der Waals surface area contributed by atoms with Crippen molar-refractivity contribution in [1.82, 2.24) is 0 Å². The van der Waals surface area contributed by atoms with Crippen molar-refractivity contribution in [3.8, 4) is 6.07 Å². The standard InChI is InChI=1S/2C4H8O6.C2H3N.K.H2/c2*5-1(3(7)8)2(6)4(9)10;1-2-3;;/h2*1-3,5-8H,(H,9,10);1H3;;1H/q;;;+1;/p-1/i;;;;1+1. The van der Waals surface area contributed by atoms with Crippen LogP contribution in [0.2, 0.25) is 0 Å². The Morgan fingerprint density at radius 2 is 1.17 bits per heavy atom. The summed E-state index contributed by atoms with van der Waals surface area (Å²) in [5, 5.41) is 91.0. The molecular weight excluding hydrogens is 365 g/mol. The summed E-state index contributed by atoms with van der Waals surface area (Å²) in [6.45, 7) is 1.43. The Hall–Kier alpha value is -0.254. The van der Waals surface area contributed by atoms with Crippen molar-refractivity contribution in [2.75, 3.05) is 0 Å². The van der Waals surface area contributed by atoms with Gasteiger partial charge in [-0.15, -0.1) is 0 Å². The summed E-state index contributed by atoms with van der Waals surface area (Å²) in [6, 6.07) is 1.75. The van der Waals surface area contributed by atoms with E-state index < -0.39 is 48.9 Å². The summed E-state index contributed by atoms with van der Waals surface area (Å²) in [5.74, 6) is -3.67. The maximum Gasteiger partial charge on any atom is 1.00 e. The van der Waals surface area contributed by atoms with Gasteiger partial charge in [-0.2, -0.15) is 5.26 Å². The molecule has 0 heterocycles. The Morgan fingerprint density at radius 1 is 0.917 bits per heavy atom. The molecule has 14 heteroatoms. The van der Waals surface area contributed by atoms with Crippen LogP contribution in [0.1, 0.15) is 8.35 Å². The second-order valence-electron chi connectivity index (χ2n) is 3.58. The number of carboxylic acids is 2. The van der Waals surface area contributed by atoms with E-state index in [-0.39, 0.29) is 52.8 Å². The van der Waals surface area contributed by atoms with Gasteiger partial charge in [-0.25, -0.2) is 4.79 Å². The first-order valence-electron chi connectivity index (χ1n) is 5.54. The summed E-state index contributed by atoms with van der Waals surface area (Å²) in [4.78, 5) is 19.5. The van der Waals surface area contributed by atoms with Crippen LogP contribution >= 0.6 is 0 Å². The van der Waals surface area contributed by atoms with Gasteiger partial charge in [0.1, 0.15) is 18.3 Å². The summed E-state index contributed by atoms with van der Waals surface area (Å²) >= 11 is 0. The van der Waals surface area contributed by atoms with Crippen molar-refractivity contribution < 1.29 is 113 Å². The zero-order chi connectivity index (χ0) is 19.3. The van der Waals surface area contributed by atoms with Crippen molar-refractivity contribution in [2.45, 2.75) is 43.9 Å². The molecule has 0 aliphatic heterocycles. The van der Waals surface area contributed by atoms with Gasteiger partial charge in [0.25, 0.3) is 0 Å². The third kappa shape index (κ3) is 16.6. The van der Waals surface area contributed by atoms with Crippen LogP contribution in [-0.2, 0) is 9.59 Å². The molecule has 0 aliphatic carbocycles. The minimum atomic E-state index is -2.28. The Kier molecular flexibility index (Phi) is 23.1. The topological polar surface area (TPSA) is 263 Å². The van der Waals surface area contributed by atoms with E-state index in [1.165, 1.54) is 6.92 Å². The molecule has 13 nitrogen and oxygen atoms in total. The van der Waals surface area contributed by atoms with E-state index in [1.54, 1.807) is 6.07 Å². The molecule has 0 fully saturated rings. The molecule has 0 bridgehead atoms. The van der Waals surface area contributed by atoms with Crippen LogP contribution < -0.4 is 56.5 Å². The number of nitriles is 1. The second kappa shape index (κ2) is 17.6. The molecule has 24 heavy (non-hydrogen) atoms. The van der Waals surface area contributed by atoms with Crippen molar-refractivity contribution in [3.05, 3.63) is 0 Å². The maximum atomic E-state index is 9.81. The monoisotopic (exact) mass is 386 g/mol. The quantitative estimate of drug-likeness (QED) is 0.152. The van der Waals surface area contributed by atoms with Gasteiger partial charge < -0.3 is 55.9 Å². The number of nitrogens with zero attached hydrogens (tertiary/aromatic N) is 1. The number of aliphatic hydroxyl groups excluding tert-OH is 6. The van der Waals surface area contributed by atoms with E-state index in [9.17, 15) is 14.7 Å². The number of hydrogen-bond acceptors (Lipinski definition) is 12. The predicted molar refractivity (Wildman–Crippen MR) is 66.5 cm³/mol. The van der Waals surface area contributed by atoms with Crippen LogP contribution in [0.15, 0.2) is 0 Å². The molecule has 0 aromatic heterocycles. The van der Waals surface area contributed by atoms with E-state index in [0.29, 0.717) is 0 Å². The zero-order valence-electron chi connectivity index (χ0n) is 12.7. The number of hydrogen-bond donors (Lipinski definition) is 9. The SMILES string of the molecule is CC#N.O=C(O)C(O)C(O)C(O)O.O=C([O-])C(O)C(O)C(O)O.[2HH].[K+]. The third-order valence-corrected chi connectivity index (χ3v) is 1.75. The summed E-state index contributed by atoms with van der Waals surface area (Å²) in [5.41, 5.74) is 0. The Labute approximate surface area is 179 Å².